The molecular formula is C16H22N2O2. The highest BCUT2D eigenvalue weighted by molar-refractivity contribution is 5.25. The molecule has 2 atom stereocenters. The smallest absolute Gasteiger partial charge is 0.0940 e. The number of aliphatic hydroxyl groups excluding tert-OH is 1. The standard InChI is InChI=1S/C16H22N2O2/c1-16(2)12-18(10-15(11-19)20-16)9-14(8-17)13-6-4-3-5-7-13/h3-7,14-15,19H,9-12H2,1-2H3. The Balaban J connectivity index is 2.06. The van der Waals surface area contributed by atoms with Crippen LogP contribution in [0.2, 0.25) is 0 Å². The van der Waals surface area contributed by atoms with Crippen LogP contribution in [0.4, 0.5) is 0 Å². The topological polar surface area (TPSA) is 56.5 Å². The molecule has 108 valence electrons. The number of morpholine rings is 1. The molecule has 1 aromatic rings. The first-order valence-corrected chi connectivity index (χ1v) is 6.99. The number of nitriles is 1. The lowest BCUT2D eigenvalue weighted by Gasteiger charge is -2.42. The average Bonchev–Trinajstić information content (AvgIpc) is 2.44. The fourth-order valence-corrected chi connectivity index (χ4v) is 2.82. The number of hydrogen-bond acceptors (Lipinski definition) is 4. The van der Waals surface area contributed by atoms with Crippen LogP contribution in [0.25, 0.3) is 0 Å². The normalized spacial score (nSPS) is 24.0. The van der Waals surface area contributed by atoms with E-state index in [0.29, 0.717) is 13.1 Å². The maximum Gasteiger partial charge on any atom is 0.0940 e. The molecule has 1 fully saturated rings. The highest BCUT2D eigenvalue weighted by atomic mass is 16.5. The van der Waals surface area contributed by atoms with Gasteiger partial charge in [0.2, 0.25) is 0 Å². The molecule has 0 aliphatic carbocycles. The van der Waals surface area contributed by atoms with Gasteiger partial charge in [0.1, 0.15) is 0 Å². The third kappa shape index (κ3) is 3.80. The molecule has 4 nitrogen and oxygen atoms in total. The molecule has 0 amide bonds. The van der Waals surface area contributed by atoms with Crippen molar-refractivity contribution in [3.05, 3.63) is 35.9 Å². The van der Waals surface area contributed by atoms with Crippen molar-refractivity contribution in [1.82, 2.24) is 4.90 Å². The Bertz CT molecular complexity index is 467. The van der Waals surface area contributed by atoms with Crippen molar-refractivity contribution in [3.63, 3.8) is 0 Å². The minimum Gasteiger partial charge on any atom is -0.394 e. The number of nitrogens with zero attached hydrogens (tertiary/aromatic N) is 2. The quantitative estimate of drug-likeness (QED) is 0.909. The van der Waals surface area contributed by atoms with Crippen molar-refractivity contribution < 1.29 is 9.84 Å². The van der Waals surface area contributed by atoms with E-state index in [2.05, 4.69) is 11.0 Å². The van der Waals surface area contributed by atoms with Crippen LogP contribution in [0, 0.1) is 11.3 Å². The summed E-state index contributed by atoms with van der Waals surface area (Å²) in [4.78, 5) is 2.21. The molecule has 2 rings (SSSR count). The van der Waals surface area contributed by atoms with E-state index < -0.39 is 0 Å². The summed E-state index contributed by atoms with van der Waals surface area (Å²) in [6.45, 7) is 6.17. The first kappa shape index (κ1) is 15.0. The van der Waals surface area contributed by atoms with Crippen LogP contribution in [0.3, 0.4) is 0 Å². The second kappa shape index (κ2) is 6.36. The Morgan fingerprint density at radius 1 is 1.45 bits per heavy atom. The van der Waals surface area contributed by atoms with Crippen molar-refractivity contribution >= 4 is 0 Å². The molecule has 1 aliphatic heterocycles. The molecule has 4 heteroatoms. The lowest BCUT2D eigenvalue weighted by Crippen LogP contribution is -2.54. The summed E-state index contributed by atoms with van der Waals surface area (Å²) in [6, 6.07) is 12.2. The third-order valence-electron chi connectivity index (χ3n) is 3.55. The van der Waals surface area contributed by atoms with Crippen molar-refractivity contribution in [2.75, 3.05) is 26.2 Å². The number of aliphatic hydroxyl groups is 1. The van der Waals surface area contributed by atoms with Gasteiger partial charge < -0.3 is 9.84 Å². The molecule has 0 bridgehead atoms. The van der Waals surface area contributed by atoms with Crippen LogP contribution in [0.5, 0.6) is 0 Å². The van der Waals surface area contributed by atoms with E-state index in [4.69, 9.17) is 4.74 Å². The van der Waals surface area contributed by atoms with Gasteiger partial charge in [-0.15, -0.1) is 0 Å². The highest BCUT2D eigenvalue weighted by Gasteiger charge is 2.34. The van der Waals surface area contributed by atoms with E-state index in [0.717, 1.165) is 12.1 Å². The Morgan fingerprint density at radius 3 is 2.75 bits per heavy atom. The van der Waals surface area contributed by atoms with E-state index in [-0.39, 0.29) is 24.2 Å². The Hall–Kier alpha value is -1.41. The molecule has 0 spiro atoms. The van der Waals surface area contributed by atoms with E-state index >= 15 is 0 Å². The summed E-state index contributed by atoms with van der Waals surface area (Å²) in [7, 11) is 0. The van der Waals surface area contributed by atoms with Gasteiger partial charge in [-0.3, -0.25) is 4.90 Å². The molecule has 2 unspecified atom stereocenters. The molecular weight excluding hydrogens is 252 g/mol. The van der Waals surface area contributed by atoms with Gasteiger partial charge >= 0.3 is 0 Å². The fraction of sp³-hybridized carbons (Fsp3) is 0.562. The number of ether oxygens (including phenoxy) is 1. The molecule has 1 saturated heterocycles. The maximum atomic E-state index is 9.41. The summed E-state index contributed by atoms with van der Waals surface area (Å²) in [6.07, 6.45) is -0.172. The zero-order chi connectivity index (χ0) is 14.6. The molecule has 0 saturated carbocycles. The van der Waals surface area contributed by atoms with Gasteiger partial charge in [0, 0.05) is 19.6 Å². The minimum absolute atomic E-state index is 0.0164. The van der Waals surface area contributed by atoms with E-state index in [1.807, 2.05) is 44.2 Å². The number of hydrogen-bond donors (Lipinski definition) is 1. The molecule has 1 N–H and O–H groups in total. The van der Waals surface area contributed by atoms with Crippen LogP contribution in [-0.4, -0.2) is 48.0 Å². The molecule has 1 aliphatic rings. The van der Waals surface area contributed by atoms with E-state index in [9.17, 15) is 10.4 Å². The van der Waals surface area contributed by atoms with Gasteiger partial charge in [0.25, 0.3) is 0 Å². The van der Waals surface area contributed by atoms with Crippen molar-refractivity contribution in [2.24, 2.45) is 0 Å². The van der Waals surface area contributed by atoms with Gasteiger partial charge in [0.15, 0.2) is 0 Å². The maximum absolute atomic E-state index is 9.41. The first-order chi connectivity index (χ1) is 9.54. The molecule has 0 aromatic heterocycles. The predicted molar refractivity (Wildman–Crippen MR) is 77.3 cm³/mol. The van der Waals surface area contributed by atoms with Crippen LogP contribution < -0.4 is 0 Å². The van der Waals surface area contributed by atoms with Gasteiger partial charge in [0.05, 0.1) is 30.3 Å². The summed E-state index contributed by atoms with van der Waals surface area (Å²) in [5.41, 5.74) is 0.752. The van der Waals surface area contributed by atoms with Crippen LogP contribution in [0.15, 0.2) is 30.3 Å². The summed E-state index contributed by atoms with van der Waals surface area (Å²) < 4.78 is 5.80. The van der Waals surface area contributed by atoms with Gasteiger partial charge in [-0.25, -0.2) is 0 Å². The molecule has 0 radical (unpaired) electrons. The van der Waals surface area contributed by atoms with E-state index in [1.54, 1.807) is 0 Å². The van der Waals surface area contributed by atoms with Crippen molar-refractivity contribution in [1.29, 1.82) is 5.26 Å². The van der Waals surface area contributed by atoms with Gasteiger partial charge in [-0.05, 0) is 19.4 Å². The summed E-state index contributed by atoms with van der Waals surface area (Å²) in [5, 5.41) is 18.7. The van der Waals surface area contributed by atoms with Crippen LogP contribution >= 0.6 is 0 Å². The third-order valence-corrected chi connectivity index (χ3v) is 3.55. The predicted octanol–water partition coefficient (Wildman–Crippen LogP) is 1.77. The fourth-order valence-electron chi connectivity index (χ4n) is 2.82. The van der Waals surface area contributed by atoms with Crippen LogP contribution in [-0.2, 0) is 4.74 Å². The molecule has 20 heavy (non-hydrogen) atoms. The Morgan fingerprint density at radius 2 is 2.15 bits per heavy atom. The largest absolute Gasteiger partial charge is 0.394 e. The highest BCUT2D eigenvalue weighted by Crippen LogP contribution is 2.24. The zero-order valence-electron chi connectivity index (χ0n) is 12.1. The Labute approximate surface area is 120 Å². The number of benzene rings is 1. The van der Waals surface area contributed by atoms with Gasteiger partial charge in [-0.1, -0.05) is 30.3 Å². The summed E-state index contributed by atoms with van der Waals surface area (Å²) >= 11 is 0. The van der Waals surface area contributed by atoms with Crippen molar-refractivity contribution in [2.45, 2.75) is 31.5 Å². The number of rotatable bonds is 4. The van der Waals surface area contributed by atoms with E-state index in [1.165, 1.54) is 0 Å². The second-order valence-electron chi connectivity index (χ2n) is 5.97. The summed E-state index contributed by atoms with van der Waals surface area (Å²) in [5.74, 6) is -0.149. The average molecular weight is 274 g/mol. The Kier molecular flexibility index (Phi) is 4.77. The lowest BCUT2D eigenvalue weighted by molar-refractivity contribution is -0.149. The monoisotopic (exact) mass is 274 g/mol. The SMILES string of the molecule is CC1(C)CN(CC(C#N)c2ccccc2)CC(CO)O1. The minimum atomic E-state index is -0.289. The van der Waals surface area contributed by atoms with Gasteiger partial charge in [-0.2, -0.15) is 5.26 Å². The zero-order valence-corrected chi connectivity index (χ0v) is 12.1. The molecule has 1 heterocycles. The van der Waals surface area contributed by atoms with Crippen LogP contribution in [0.1, 0.15) is 25.3 Å². The lowest BCUT2D eigenvalue weighted by atomic mass is 9.98. The van der Waals surface area contributed by atoms with Crippen molar-refractivity contribution in [3.8, 4) is 6.07 Å². The molecule has 1 aromatic carbocycles. The first-order valence-electron chi connectivity index (χ1n) is 6.99. The second-order valence-corrected chi connectivity index (χ2v) is 5.97.